The zero-order valence-corrected chi connectivity index (χ0v) is 12.2. The molecule has 0 aromatic carbocycles. The van der Waals surface area contributed by atoms with E-state index in [9.17, 15) is 0 Å². The molecular weight excluding hydrogens is 236 g/mol. The van der Waals surface area contributed by atoms with Crippen LogP contribution in [-0.2, 0) is 6.54 Å². The molecule has 1 aromatic heterocycles. The van der Waals surface area contributed by atoms with E-state index in [1.54, 1.807) is 0 Å². The van der Waals surface area contributed by atoms with Gasteiger partial charge in [0.25, 0.3) is 0 Å². The maximum absolute atomic E-state index is 4.31. The van der Waals surface area contributed by atoms with Gasteiger partial charge in [-0.25, -0.2) is 0 Å². The monoisotopic (exact) mass is 262 g/mol. The molecule has 0 saturated carbocycles. The first kappa shape index (κ1) is 14.4. The van der Waals surface area contributed by atoms with Gasteiger partial charge in [-0.05, 0) is 45.1 Å². The van der Waals surface area contributed by atoms with E-state index in [1.165, 1.54) is 26.1 Å². The van der Waals surface area contributed by atoms with Crippen molar-refractivity contribution in [1.29, 1.82) is 0 Å². The number of hydrogen-bond donors (Lipinski definition) is 1. The van der Waals surface area contributed by atoms with E-state index < -0.39 is 0 Å². The Bertz CT molecular complexity index is 354. The Kier molecular flexibility index (Phi) is 5.76. The Morgan fingerprint density at radius 3 is 3.05 bits per heavy atom. The molecule has 2 heterocycles. The third-order valence-electron chi connectivity index (χ3n) is 3.76. The molecule has 1 atom stereocenters. The van der Waals surface area contributed by atoms with Crippen molar-refractivity contribution in [3.63, 3.8) is 0 Å². The van der Waals surface area contributed by atoms with E-state index in [2.05, 4.69) is 40.3 Å². The van der Waals surface area contributed by atoms with Gasteiger partial charge in [0.15, 0.2) is 0 Å². The Hall–Kier alpha value is -0.970. The molecule has 1 unspecified atom stereocenters. The fourth-order valence-electron chi connectivity index (χ4n) is 2.70. The van der Waals surface area contributed by atoms with E-state index in [1.807, 2.05) is 18.3 Å². The van der Waals surface area contributed by atoms with Crippen LogP contribution in [0.3, 0.4) is 0 Å². The second kappa shape index (κ2) is 7.58. The quantitative estimate of drug-likeness (QED) is 0.745. The van der Waals surface area contributed by atoms with E-state index in [0.29, 0.717) is 0 Å². The van der Waals surface area contributed by atoms with Gasteiger partial charge in [0.05, 0.1) is 5.69 Å². The summed E-state index contributed by atoms with van der Waals surface area (Å²) in [6, 6.07) is 6.05. The Balaban J connectivity index is 1.55. The molecule has 1 aromatic rings. The summed E-state index contributed by atoms with van der Waals surface area (Å²) in [4.78, 5) is 9.17. The highest BCUT2D eigenvalue weighted by atomic mass is 15.2. The molecule has 0 bridgehead atoms. The minimum atomic E-state index is 0.853. The summed E-state index contributed by atoms with van der Waals surface area (Å²) in [6.45, 7) is 6.72. The van der Waals surface area contributed by atoms with Gasteiger partial charge in [-0.1, -0.05) is 6.07 Å². The number of rotatable bonds is 7. The number of nitrogens with one attached hydrogen (secondary N) is 1. The van der Waals surface area contributed by atoms with E-state index >= 15 is 0 Å². The van der Waals surface area contributed by atoms with Gasteiger partial charge in [-0.15, -0.1) is 0 Å². The van der Waals surface area contributed by atoms with Gasteiger partial charge in [-0.2, -0.15) is 0 Å². The fourth-order valence-corrected chi connectivity index (χ4v) is 2.70. The molecule has 0 aliphatic carbocycles. The topological polar surface area (TPSA) is 31.4 Å². The first-order chi connectivity index (χ1) is 9.24. The molecule has 0 spiro atoms. The maximum atomic E-state index is 4.31. The lowest BCUT2D eigenvalue weighted by Crippen LogP contribution is -2.33. The van der Waals surface area contributed by atoms with Crippen molar-refractivity contribution in [3.05, 3.63) is 30.1 Å². The van der Waals surface area contributed by atoms with E-state index in [-0.39, 0.29) is 0 Å². The van der Waals surface area contributed by atoms with E-state index in [4.69, 9.17) is 0 Å². The molecule has 1 N–H and O–H groups in total. The van der Waals surface area contributed by atoms with Gasteiger partial charge >= 0.3 is 0 Å². The Labute approximate surface area is 116 Å². The SMILES string of the molecule is CN(CCNCc1ccccn1)CC1CCN(C)C1. The predicted molar refractivity (Wildman–Crippen MR) is 79.0 cm³/mol. The first-order valence-corrected chi connectivity index (χ1v) is 7.22. The second-order valence-corrected chi connectivity index (χ2v) is 5.68. The molecular formula is C15H26N4. The molecule has 2 rings (SSSR count). The molecule has 0 radical (unpaired) electrons. The summed E-state index contributed by atoms with van der Waals surface area (Å²) in [5.74, 6) is 0.853. The van der Waals surface area contributed by atoms with Crippen LogP contribution in [0.25, 0.3) is 0 Å². The van der Waals surface area contributed by atoms with Crippen molar-refractivity contribution in [2.45, 2.75) is 13.0 Å². The minimum absolute atomic E-state index is 0.853. The average Bonchev–Trinajstić information content (AvgIpc) is 2.81. The number of hydrogen-bond acceptors (Lipinski definition) is 4. The van der Waals surface area contributed by atoms with Crippen LogP contribution in [-0.4, -0.2) is 61.6 Å². The van der Waals surface area contributed by atoms with Crippen LogP contribution in [0, 0.1) is 5.92 Å². The molecule has 106 valence electrons. The Morgan fingerprint density at radius 2 is 2.37 bits per heavy atom. The largest absolute Gasteiger partial charge is 0.310 e. The smallest absolute Gasteiger partial charge is 0.0541 e. The molecule has 1 aliphatic rings. The number of nitrogens with zero attached hydrogens (tertiary/aromatic N) is 3. The third kappa shape index (κ3) is 5.27. The van der Waals surface area contributed by atoms with Gasteiger partial charge in [-0.3, -0.25) is 4.98 Å². The van der Waals surface area contributed by atoms with Gasteiger partial charge in [0.1, 0.15) is 0 Å². The van der Waals surface area contributed by atoms with Crippen molar-refractivity contribution in [2.24, 2.45) is 5.92 Å². The molecule has 1 saturated heterocycles. The number of aromatic nitrogens is 1. The first-order valence-electron chi connectivity index (χ1n) is 7.22. The summed E-state index contributed by atoms with van der Waals surface area (Å²) < 4.78 is 0. The van der Waals surface area contributed by atoms with Gasteiger partial charge in [0, 0.05) is 38.9 Å². The molecule has 1 aliphatic heterocycles. The lowest BCUT2D eigenvalue weighted by Gasteiger charge is -2.21. The van der Waals surface area contributed by atoms with Crippen LogP contribution in [0.1, 0.15) is 12.1 Å². The zero-order valence-electron chi connectivity index (χ0n) is 12.2. The van der Waals surface area contributed by atoms with Gasteiger partial charge < -0.3 is 15.1 Å². The van der Waals surface area contributed by atoms with Crippen LogP contribution in [0.2, 0.25) is 0 Å². The number of likely N-dealkylation sites (N-methyl/N-ethyl adjacent to an activating group) is 1. The second-order valence-electron chi connectivity index (χ2n) is 5.68. The van der Waals surface area contributed by atoms with Crippen LogP contribution in [0.5, 0.6) is 0 Å². The highest BCUT2D eigenvalue weighted by molar-refractivity contribution is 5.02. The normalized spacial score (nSPS) is 20.3. The maximum Gasteiger partial charge on any atom is 0.0541 e. The number of likely N-dealkylation sites (tertiary alicyclic amines) is 1. The van der Waals surface area contributed by atoms with Crippen LogP contribution >= 0.6 is 0 Å². The highest BCUT2D eigenvalue weighted by Gasteiger charge is 2.20. The highest BCUT2D eigenvalue weighted by Crippen LogP contribution is 2.14. The fraction of sp³-hybridized carbons (Fsp3) is 0.667. The summed E-state index contributed by atoms with van der Waals surface area (Å²) in [5, 5.41) is 3.45. The molecule has 4 heteroatoms. The lowest BCUT2D eigenvalue weighted by atomic mass is 10.1. The number of pyridine rings is 1. The minimum Gasteiger partial charge on any atom is -0.310 e. The Morgan fingerprint density at radius 1 is 1.47 bits per heavy atom. The van der Waals surface area contributed by atoms with Gasteiger partial charge in [0.2, 0.25) is 0 Å². The van der Waals surface area contributed by atoms with Crippen molar-refractivity contribution < 1.29 is 0 Å². The van der Waals surface area contributed by atoms with Crippen molar-refractivity contribution in [1.82, 2.24) is 20.1 Å². The summed E-state index contributed by atoms with van der Waals surface area (Å²) in [5.41, 5.74) is 1.11. The summed E-state index contributed by atoms with van der Waals surface area (Å²) in [6.07, 6.45) is 3.20. The van der Waals surface area contributed by atoms with Crippen LogP contribution < -0.4 is 5.32 Å². The predicted octanol–water partition coefficient (Wildman–Crippen LogP) is 1.05. The average molecular weight is 262 g/mol. The summed E-state index contributed by atoms with van der Waals surface area (Å²) in [7, 11) is 4.44. The third-order valence-corrected chi connectivity index (χ3v) is 3.76. The molecule has 0 amide bonds. The molecule has 4 nitrogen and oxygen atoms in total. The van der Waals surface area contributed by atoms with E-state index in [0.717, 1.165) is 31.2 Å². The summed E-state index contributed by atoms with van der Waals surface area (Å²) >= 11 is 0. The van der Waals surface area contributed by atoms with Crippen molar-refractivity contribution in [2.75, 3.05) is 46.8 Å². The van der Waals surface area contributed by atoms with Crippen LogP contribution in [0.15, 0.2) is 24.4 Å². The van der Waals surface area contributed by atoms with Crippen molar-refractivity contribution in [3.8, 4) is 0 Å². The van der Waals surface area contributed by atoms with Crippen LogP contribution in [0.4, 0.5) is 0 Å². The molecule has 19 heavy (non-hydrogen) atoms. The standard InChI is InChI=1S/C15H26N4/c1-18-9-6-14(12-18)13-19(2)10-8-16-11-15-5-3-4-7-17-15/h3-5,7,14,16H,6,8-13H2,1-2H3. The lowest BCUT2D eigenvalue weighted by molar-refractivity contribution is 0.273. The van der Waals surface area contributed by atoms with Crippen molar-refractivity contribution >= 4 is 0 Å². The molecule has 1 fully saturated rings. The zero-order chi connectivity index (χ0) is 13.5.